The molecule has 3 rings (SSSR count). The molecule has 1 heterocycles. The zero-order valence-corrected chi connectivity index (χ0v) is 16.1. The van der Waals surface area contributed by atoms with E-state index in [0.29, 0.717) is 35.4 Å². The molecule has 1 saturated carbocycles. The van der Waals surface area contributed by atoms with Crippen LogP contribution in [0, 0.1) is 5.92 Å². The molecule has 28 heavy (non-hydrogen) atoms. The van der Waals surface area contributed by atoms with Crippen molar-refractivity contribution in [1.82, 2.24) is 4.98 Å². The van der Waals surface area contributed by atoms with Crippen LogP contribution >= 0.6 is 0 Å². The Morgan fingerprint density at radius 2 is 1.93 bits per heavy atom. The van der Waals surface area contributed by atoms with Crippen LogP contribution in [0.4, 0.5) is 5.82 Å². The average Bonchev–Trinajstić information content (AvgIpc) is 2.72. The monoisotopic (exact) mass is 382 g/mol. The molecule has 1 fully saturated rings. The number of amides is 1. The van der Waals surface area contributed by atoms with Gasteiger partial charge in [-0.2, -0.15) is 0 Å². The van der Waals surface area contributed by atoms with E-state index in [2.05, 4.69) is 10.3 Å². The molecule has 0 aliphatic heterocycles. The number of pyridine rings is 1. The molecule has 1 amide bonds. The standard InChI is InChI=1S/C22H26N2O4/c1-16(25)18-9-5-10-19(13-18)27-15-21(26)24-22-20(11-6-12-23-22)28-14-17-7-3-2-4-8-17/h5-6,9-13,17H,2-4,7-8,14-15H2,1H3,(H,23,24,26). The summed E-state index contributed by atoms with van der Waals surface area (Å²) in [7, 11) is 0. The minimum absolute atomic E-state index is 0.0526. The van der Waals surface area contributed by atoms with E-state index in [4.69, 9.17) is 9.47 Å². The summed E-state index contributed by atoms with van der Waals surface area (Å²) in [5, 5.41) is 2.74. The van der Waals surface area contributed by atoms with Crippen molar-refractivity contribution in [3.63, 3.8) is 0 Å². The molecule has 0 bridgehead atoms. The van der Waals surface area contributed by atoms with Gasteiger partial charge in [-0.25, -0.2) is 4.98 Å². The van der Waals surface area contributed by atoms with Crippen LogP contribution in [0.5, 0.6) is 11.5 Å². The molecule has 0 atom stereocenters. The Balaban J connectivity index is 1.53. The number of nitrogens with zero attached hydrogens (tertiary/aromatic N) is 1. The Hall–Kier alpha value is -2.89. The fourth-order valence-corrected chi connectivity index (χ4v) is 3.28. The molecule has 6 heteroatoms. The first kappa shape index (κ1) is 19.9. The number of nitrogens with one attached hydrogen (secondary N) is 1. The quantitative estimate of drug-likeness (QED) is 0.690. The molecule has 1 aromatic heterocycles. The SMILES string of the molecule is CC(=O)c1cccc(OCC(=O)Nc2ncccc2OCC2CCCCC2)c1. The van der Waals surface area contributed by atoms with Crippen LogP contribution in [0.1, 0.15) is 49.4 Å². The summed E-state index contributed by atoms with van der Waals surface area (Å²) in [6.07, 6.45) is 7.81. The number of hydrogen-bond acceptors (Lipinski definition) is 5. The summed E-state index contributed by atoms with van der Waals surface area (Å²) in [6, 6.07) is 10.4. The molecule has 0 unspecified atom stereocenters. The van der Waals surface area contributed by atoms with Gasteiger partial charge in [0.05, 0.1) is 6.61 Å². The second-order valence-electron chi connectivity index (χ2n) is 7.09. The zero-order chi connectivity index (χ0) is 19.8. The van der Waals surface area contributed by atoms with Gasteiger partial charge >= 0.3 is 0 Å². The van der Waals surface area contributed by atoms with E-state index in [9.17, 15) is 9.59 Å². The van der Waals surface area contributed by atoms with E-state index in [-0.39, 0.29) is 18.3 Å². The molecule has 148 valence electrons. The molecule has 1 aliphatic rings. The fourth-order valence-electron chi connectivity index (χ4n) is 3.28. The lowest BCUT2D eigenvalue weighted by atomic mass is 9.90. The Kier molecular flexibility index (Phi) is 7.00. The molecule has 0 saturated heterocycles. The molecule has 1 aliphatic carbocycles. The van der Waals surface area contributed by atoms with Gasteiger partial charge in [0.2, 0.25) is 0 Å². The molecule has 2 aromatic rings. The minimum Gasteiger partial charge on any atom is -0.489 e. The summed E-state index contributed by atoms with van der Waals surface area (Å²) in [4.78, 5) is 27.9. The third-order valence-corrected chi connectivity index (χ3v) is 4.84. The Morgan fingerprint density at radius 1 is 1.11 bits per heavy atom. The molecule has 6 nitrogen and oxygen atoms in total. The third kappa shape index (κ3) is 5.81. The van der Waals surface area contributed by atoms with Gasteiger partial charge in [0.15, 0.2) is 24.0 Å². The number of carbonyl (C=O) groups is 2. The second kappa shape index (κ2) is 9.88. The number of rotatable bonds is 8. The van der Waals surface area contributed by atoms with Crippen LogP contribution in [-0.2, 0) is 4.79 Å². The van der Waals surface area contributed by atoms with Crippen LogP contribution < -0.4 is 14.8 Å². The lowest BCUT2D eigenvalue weighted by Crippen LogP contribution is -2.22. The van der Waals surface area contributed by atoms with Gasteiger partial charge in [0, 0.05) is 11.8 Å². The summed E-state index contributed by atoms with van der Waals surface area (Å²) in [5.74, 6) is 1.61. The Morgan fingerprint density at radius 3 is 2.71 bits per heavy atom. The van der Waals surface area contributed by atoms with E-state index in [0.717, 1.165) is 0 Å². The van der Waals surface area contributed by atoms with Crippen LogP contribution in [-0.4, -0.2) is 29.9 Å². The van der Waals surface area contributed by atoms with E-state index in [1.165, 1.54) is 39.0 Å². The number of benzene rings is 1. The van der Waals surface area contributed by atoms with Crippen LogP contribution in [0.15, 0.2) is 42.6 Å². The van der Waals surface area contributed by atoms with E-state index in [1.807, 2.05) is 6.07 Å². The van der Waals surface area contributed by atoms with Crippen LogP contribution in [0.2, 0.25) is 0 Å². The van der Waals surface area contributed by atoms with E-state index in [1.54, 1.807) is 36.5 Å². The number of aromatic nitrogens is 1. The van der Waals surface area contributed by atoms with Gasteiger partial charge in [0.25, 0.3) is 5.91 Å². The highest BCUT2D eigenvalue weighted by atomic mass is 16.5. The fraction of sp³-hybridized carbons (Fsp3) is 0.409. The van der Waals surface area contributed by atoms with Crippen molar-refractivity contribution in [2.75, 3.05) is 18.5 Å². The van der Waals surface area contributed by atoms with Crippen molar-refractivity contribution >= 4 is 17.5 Å². The van der Waals surface area contributed by atoms with E-state index >= 15 is 0 Å². The minimum atomic E-state index is -0.338. The number of anilines is 1. The number of Topliss-reactive ketones (excluding diaryl/α,β-unsaturated/α-hetero) is 1. The first-order valence-corrected chi connectivity index (χ1v) is 9.73. The molecular formula is C22H26N2O4. The maximum absolute atomic E-state index is 12.3. The van der Waals surface area contributed by atoms with Gasteiger partial charge in [-0.3, -0.25) is 9.59 Å². The van der Waals surface area contributed by atoms with Crippen molar-refractivity contribution in [2.45, 2.75) is 39.0 Å². The number of ether oxygens (including phenoxy) is 2. The van der Waals surface area contributed by atoms with Crippen molar-refractivity contribution in [1.29, 1.82) is 0 Å². The van der Waals surface area contributed by atoms with Crippen molar-refractivity contribution in [3.05, 3.63) is 48.2 Å². The third-order valence-electron chi connectivity index (χ3n) is 4.84. The zero-order valence-electron chi connectivity index (χ0n) is 16.1. The molecule has 0 radical (unpaired) electrons. The highest BCUT2D eigenvalue weighted by Gasteiger charge is 2.16. The molecular weight excluding hydrogens is 356 g/mol. The lowest BCUT2D eigenvalue weighted by Gasteiger charge is -2.22. The van der Waals surface area contributed by atoms with Gasteiger partial charge in [-0.05, 0) is 49.9 Å². The predicted molar refractivity (Wildman–Crippen MR) is 107 cm³/mol. The van der Waals surface area contributed by atoms with Gasteiger partial charge in [-0.1, -0.05) is 31.4 Å². The maximum atomic E-state index is 12.3. The summed E-state index contributed by atoms with van der Waals surface area (Å²) < 4.78 is 11.4. The first-order chi connectivity index (χ1) is 13.6. The normalized spacial score (nSPS) is 14.3. The van der Waals surface area contributed by atoms with Crippen LogP contribution in [0.3, 0.4) is 0 Å². The van der Waals surface area contributed by atoms with Crippen molar-refractivity contribution in [3.8, 4) is 11.5 Å². The van der Waals surface area contributed by atoms with Crippen molar-refractivity contribution < 1.29 is 19.1 Å². The number of carbonyl (C=O) groups excluding carboxylic acids is 2. The first-order valence-electron chi connectivity index (χ1n) is 9.73. The smallest absolute Gasteiger partial charge is 0.263 e. The highest BCUT2D eigenvalue weighted by molar-refractivity contribution is 5.94. The molecule has 1 N–H and O–H groups in total. The summed E-state index contributed by atoms with van der Waals surface area (Å²) in [6.45, 7) is 1.95. The summed E-state index contributed by atoms with van der Waals surface area (Å²) in [5.41, 5.74) is 0.543. The molecule has 1 aromatic carbocycles. The Bertz CT molecular complexity index is 816. The Labute approximate surface area is 165 Å². The van der Waals surface area contributed by atoms with Gasteiger partial charge < -0.3 is 14.8 Å². The van der Waals surface area contributed by atoms with E-state index < -0.39 is 0 Å². The second-order valence-corrected chi connectivity index (χ2v) is 7.09. The number of hydrogen-bond donors (Lipinski definition) is 1. The summed E-state index contributed by atoms with van der Waals surface area (Å²) >= 11 is 0. The maximum Gasteiger partial charge on any atom is 0.263 e. The largest absolute Gasteiger partial charge is 0.489 e. The topological polar surface area (TPSA) is 77.5 Å². The van der Waals surface area contributed by atoms with Gasteiger partial charge in [-0.15, -0.1) is 0 Å². The highest BCUT2D eigenvalue weighted by Crippen LogP contribution is 2.27. The van der Waals surface area contributed by atoms with Gasteiger partial charge in [0.1, 0.15) is 5.75 Å². The van der Waals surface area contributed by atoms with Crippen LogP contribution in [0.25, 0.3) is 0 Å². The number of ketones is 1. The molecule has 0 spiro atoms. The lowest BCUT2D eigenvalue weighted by molar-refractivity contribution is -0.118. The van der Waals surface area contributed by atoms with Crippen molar-refractivity contribution in [2.24, 2.45) is 5.92 Å². The predicted octanol–water partition coefficient (Wildman–Crippen LogP) is 4.26. The average molecular weight is 382 g/mol.